The largest absolute Gasteiger partial charge is 0.481 e. The smallest absolute Gasteiger partial charge is 0.326 e. The molecule has 0 aliphatic rings. The number of aliphatic hydroxyl groups is 1. The lowest BCUT2D eigenvalue weighted by Gasteiger charge is -2.22. The maximum atomic E-state index is 12.4. The summed E-state index contributed by atoms with van der Waals surface area (Å²) in [4.78, 5) is 81.7. The molecule has 0 aliphatic carbocycles. The molecule has 12 N–H and O–H groups in total. The number of nitrogens with one attached hydrogen (secondary N) is 4. The van der Waals surface area contributed by atoms with Crippen molar-refractivity contribution in [1.29, 1.82) is 0 Å². The van der Waals surface area contributed by atoms with Crippen molar-refractivity contribution in [2.75, 3.05) is 19.7 Å². The van der Waals surface area contributed by atoms with Gasteiger partial charge in [-0.3, -0.25) is 28.8 Å². The number of carboxylic acid groups (broad SMARTS) is 3. The van der Waals surface area contributed by atoms with E-state index in [2.05, 4.69) is 10.6 Å². The minimum Gasteiger partial charge on any atom is -0.481 e. The van der Waals surface area contributed by atoms with Gasteiger partial charge in [-0.15, -0.1) is 0 Å². The molecular formula is C19H32N6O11. The maximum absolute atomic E-state index is 12.4. The van der Waals surface area contributed by atoms with Gasteiger partial charge in [0, 0.05) is 0 Å². The Bertz CT molecular complexity index is 822. The molecule has 0 aromatic carbocycles. The summed E-state index contributed by atoms with van der Waals surface area (Å²) in [5.41, 5.74) is 10.7. The molecule has 36 heavy (non-hydrogen) atoms. The van der Waals surface area contributed by atoms with Crippen LogP contribution in [-0.2, 0) is 33.6 Å². The van der Waals surface area contributed by atoms with Gasteiger partial charge in [0.05, 0.1) is 32.0 Å². The molecule has 0 fully saturated rings. The minimum absolute atomic E-state index is 0.0916. The highest BCUT2D eigenvalue weighted by Crippen LogP contribution is 2.01. The summed E-state index contributed by atoms with van der Waals surface area (Å²) >= 11 is 0. The van der Waals surface area contributed by atoms with Gasteiger partial charge in [0.15, 0.2) is 0 Å². The Labute approximate surface area is 204 Å². The number of aliphatic hydroxyl groups excluding tert-OH is 1. The first-order valence-corrected chi connectivity index (χ1v) is 10.7. The van der Waals surface area contributed by atoms with Crippen LogP contribution in [0.2, 0.25) is 0 Å². The third kappa shape index (κ3) is 13.2. The second kappa shape index (κ2) is 16.7. The number of nitrogens with two attached hydrogens (primary N) is 2. The van der Waals surface area contributed by atoms with Crippen molar-refractivity contribution < 1.29 is 54.0 Å². The zero-order valence-corrected chi connectivity index (χ0v) is 19.3. The molecule has 4 amide bonds. The summed E-state index contributed by atoms with van der Waals surface area (Å²) in [6.45, 7) is -1.40. The van der Waals surface area contributed by atoms with Gasteiger partial charge in [0.1, 0.15) is 18.1 Å². The van der Waals surface area contributed by atoms with Crippen LogP contribution in [0.1, 0.15) is 32.1 Å². The van der Waals surface area contributed by atoms with E-state index in [9.17, 15) is 38.7 Å². The first-order valence-electron chi connectivity index (χ1n) is 10.7. The van der Waals surface area contributed by atoms with E-state index >= 15 is 0 Å². The summed E-state index contributed by atoms with van der Waals surface area (Å²) in [5.74, 6) is -8.51. The number of amides is 4. The van der Waals surface area contributed by atoms with Gasteiger partial charge in [-0.25, -0.2) is 4.79 Å². The number of rotatable bonds is 18. The highest BCUT2D eigenvalue weighted by molar-refractivity contribution is 5.96. The summed E-state index contributed by atoms with van der Waals surface area (Å²) in [7, 11) is 0. The molecule has 0 aromatic rings. The number of carboxylic acids is 3. The lowest BCUT2D eigenvalue weighted by molar-refractivity contribution is -0.143. The van der Waals surface area contributed by atoms with E-state index in [-0.39, 0.29) is 6.42 Å². The molecule has 0 bridgehead atoms. The third-order valence-electron chi connectivity index (χ3n) is 4.56. The van der Waals surface area contributed by atoms with E-state index in [0.29, 0.717) is 19.4 Å². The predicted octanol–water partition coefficient (Wildman–Crippen LogP) is -4.96. The van der Waals surface area contributed by atoms with Crippen molar-refractivity contribution in [3.63, 3.8) is 0 Å². The second-order valence-electron chi connectivity index (χ2n) is 7.57. The fourth-order valence-electron chi connectivity index (χ4n) is 2.70. The number of carbonyl (C=O) groups is 7. The fourth-order valence-corrected chi connectivity index (χ4v) is 2.70. The van der Waals surface area contributed by atoms with Crippen LogP contribution in [0.3, 0.4) is 0 Å². The zero-order chi connectivity index (χ0) is 27.8. The van der Waals surface area contributed by atoms with Crippen molar-refractivity contribution in [2.45, 2.75) is 56.3 Å². The molecule has 4 atom stereocenters. The van der Waals surface area contributed by atoms with Crippen LogP contribution < -0.4 is 32.7 Å². The molecule has 204 valence electrons. The van der Waals surface area contributed by atoms with Crippen molar-refractivity contribution >= 4 is 41.5 Å². The number of hydrogen-bond donors (Lipinski definition) is 10. The van der Waals surface area contributed by atoms with Crippen LogP contribution in [0.15, 0.2) is 0 Å². The highest BCUT2D eigenvalue weighted by Gasteiger charge is 2.30. The minimum atomic E-state index is -1.75. The van der Waals surface area contributed by atoms with Crippen LogP contribution in [-0.4, -0.2) is 106 Å². The lowest BCUT2D eigenvalue weighted by Crippen LogP contribution is -2.58. The second-order valence-corrected chi connectivity index (χ2v) is 7.57. The molecule has 0 unspecified atom stereocenters. The third-order valence-corrected chi connectivity index (χ3v) is 4.56. The Balaban J connectivity index is 5.08. The average molecular weight is 520 g/mol. The molecule has 0 heterocycles. The molecule has 0 saturated carbocycles. The molecule has 0 saturated heterocycles. The molecule has 17 heteroatoms. The van der Waals surface area contributed by atoms with Crippen molar-refractivity contribution in [2.24, 2.45) is 11.5 Å². The number of aliphatic carboxylic acids is 3. The standard InChI is InChI=1S/C19H32N6O11/c20-4-2-1-3-10(19(35)36)23-13(27)7-22-17(33)11(6-15(30)31)24-18(34)12(8-26)25-16(32)9(21)5-14(28)29/h9-12,26H,1-8,20-21H2,(H,22,33)(H,23,27)(H,24,34)(H,25,32)(H,28,29)(H,30,31)(H,35,36)/t9-,10-,11-,12-/m0/s1. The van der Waals surface area contributed by atoms with Gasteiger partial charge in [-0.2, -0.15) is 0 Å². The van der Waals surface area contributed by atoms with Crippen LogP contribution >= 0.6 is 0 Å². The van der Waals surface area contributed by atoms with Gasteiger partial charge in [-0.05, 0) is 25.8 Å². The molecule has 0 spiro atoms. The quantitative estimate of drug-likeness (QED) is 0.0758. The predicted molar refractivity (Wildman–Crippen MR) is 119 cm³/mol. The number of hydrogen-bond acceptors (Lipinski definition) is 10. The van der Waals surface area contributed by atoms with E-state index < -0.39 is 91.7 Å². The summed E-state index contributed by atoms with van der Waals surface area (Å²) < 4.78 is 0. The Morgan fingerprint density at radius 1 is 0.722 bits per heavy atom. The SMILES string of the molecule is NCCCC[C@H](NC(=O)CNC(=O)[C@H](CC(=O)O)NC(=O)[C@H](CO)NC(=O)[C@@H](N)CC(=O)O)C(=O)O. The van der Waals surface area contributed by atoms with Crippen LogP contribution in [0, 0.1) is 0 Å². The maximum Gasteiger partial charge on any atom is 0.326 e. The average Bonchev–Trinajstić information content (AvgIpc) is 2.78. The van der Waals surface area contributed by atoms with Crippen LogP contribution in [0.4, 0.5) is 0 Å². The Morgan fingerprint density at radius 3 is 1.81 bits per heavy atom. The molecule has 0 rings (SSSR count). The summed E-state index contributed by atoms with van der Waals surface area (Å²) in [6.07, 6.45) is -0.660. The van der Waals surface area contributed by atoms with Crippen molar-refractivity contribution in [1.82, 2.24) is 21.3 Å². The van der Waals surface area contributed by atoms with E-state index in [1.54, 1.807) is 0 Å². The van der Waals surface area contributed by atoms with E-state index in [4.69, 9.17) is 26.8 Å². The fraction of sp³-hybridized carbons (Fsp3) is 0.632. The monoisotopic (exact) mass is 520 g/mol. The van der Waals surface area contributed by atoms with E-state index in [0.717, 1.165) is 0 Å². The van der Waals surface area contributed by atoms with Gasteiger partial charge >= 0.3 is 17.9 Å². The van der Waals surface area contributed by atoms with Gasteiger partial charge in [0.25, 0.3) is 0 Å². The topological polar surface area (TPSA) is 301 Å². The Hall–Kier alpha value is -3.83. The van der Waals surface area contributed by atoms with Gasteiger partial charge in [-0.1, -0.05) is 0 Å². The first-order chi connectivity index (χ1) is 16.8. The Kier molecular flexibility index (Phi) is 15.0. The highest BCUT2D eigenvalue weighted by atomic mass is 16.4. The zero-order valence-electron chi connectivity index (χ0n) is 19.3. The van der Waals surface area contributed by atoms with Gasteiger partial charge < -0.3 is 53.2 Å². The van der Waals surface area contributed by atoms with E-state index in [1.807, 2.05) is 10.6 Å². The molecule has 0 aliphatic heterocycles. The normalized spacial score (nSPS) is 13.9. The molecule has 0 aromatic heterocycles. The Morgan fingerprint density at radius 2 is 1.31 bits per heavy atom. The van der Waals surface area contributed by atoms with Crippen molar-refractivity contribution in [3.05, 3.63) is 0 Å². The summed E-state index contributed by atoms with van der Waals surface area (Å²) in [6, 6.07) is -6.24. The first kappa shape index (κ1) is 32.2. The molecule has 17 nitrogen and oxygen atoms in total. The molecular weight excluding hydrogens is 488 g/mol. The van der Waals surface area contributed by atoms with Crippen LogP contribution in [0.25, 0.3) is 0 Å². The van der Waals surface area contributed by atoms with Crippen LogP contribution in [0.5, 0.6) is 0 Å². The van der Waals surface area contributed by atoms with Gasteiger partial charge in [0.2, 0.25) is 23.6 Å². The number of unbranched alkanes of at least 4 members (excludes halogenated alkanes) is 1. The van der Waals surface area contributed by atoms with E-state index in [1.165, 1.54) is 0 Å². The lowest BCUT2D eigenvalue weighted by atomic mass is 10.1. The summed E-state index contributed by atoms with van der Waals surface area (Å²) in [5, 5.41) is 44.5. The number of carbonyl (C=O) groups excluding carboxylic acids is 4. The van der Waals surface area contributed by atoms with Crippen molar-refractivity contribution in [3.8, 4) is 0 Å². The molecule has 0 radical (unpaired) electrons.